The number of carbonyl (C=O) groups is 1. The number of nitrogens with one attached hydrogen (secondary N) is 1. The van der Waals surface area contributed by atoms with Crippen molar-refractivity contribution in [2.75, 3.05) is 61.3 Å². The van der Waals surface area contributed by atoms with Gasteiger partial charge in [0.25, 0.3) is 5.91 Å². The van der Waals surface area contributed by atoms with Crippen molar-refractivity contribution in [1.82, 2.24) is 10.2 Å². The molecule has 0 aromatic heterocycles. The molecule has 1 aliphatic rings. The Morgan fingerprint density at radius 2 is 1.76 bits per heavy atom. The molecule has 1 aliphatic heterocycles. The van der Waals surface area contributed by atoms with Crippen LogP contribution in [-0.4, -0.2) is 84.2 Å². The van der Waals surface area contributed by atoms with Gasteiger partial charge in [0.15, 0.2) is 23.0 Å². The summed E-state index contributed by atoms with van der Waals surface area (Å²) in [6.07, 6.45) is 0.698. The zero-order valence-electron chi connectivity index (χ0n) is 23.5. The first-order valence-corrected chi connectivity index (χ1v) is 13.1. The lowest BCUT2D eigenvalue weighted by Gasteiger charge is -2.31. The maximum atomic E-state index is 13.7. The lowest BCUT2D eigenvalue weighted by molar-refractivity contribution is 0.0121. The highest BCUT2D eigenvalue weighted by Crippen LogP contribution is 2.32. The molecule has 0 radical (unpaired) electrons. The SMILES string of the molecule is COCCCOc1cc(C(=O)N(C[C@@H]2CNC[C@H]2OCc2cccc(OC)c2OC)C(C)C)ccc1OC. The standard InChI is InChI=1S/C29H42N2O7/c1-20(2)31(29(32)21-11-12-24(34-4)26(15-21)37-14-8-13-33-3)18-23-16-30-17-27(23)38-19-22-9-7-10-25(35-5)28(22)36-6/h7,9-12,15,20,23,27,30H,8,13-14,16-19H2,1-6H3/t23-,27+/m0/s1. The number of para-hydroxylation sites is 1. The van der Waals surface area contributed by atoms with Crippen LogP contribution < -0.4 is 24.3 Å². The molecule has 0 spiro atoms. The molecule has 1 N–H and O–H groups in total. The van der Waals surface area contributed by atoms with Crippen molar-refractivity contribution in [3.8, 4) is 23.0 Å². The van der Waals surface area contributed by atoms with E-state index in [0.717, 1.165) is 25.1 Å². The van der Waals surface area contributed by atoms with Gasteiger partial charge >= 0.3 is 0 Å². The van der Waals surface area contributed by atoms with E-state index in [2.05, 4.69) is 5.32 Å². The Labute approximate surface area is 226 Å². The summed E-state index contributed by atoms with van der Waals surface area (Å²) in [5, 5.41) is 3.42. The van der Waals surface area contributed by atoms with Crippen LogP contribution in [0.4, 0.5) is 0 Å². The van der Waals surface area contributed by atoms with Crippen LogP contribution in [0, 0.1) is 5.92 Å². The summed E-state index contributed by atoms with van der Waals surface area (Å²) in [6.45, 7) is 7.59. The Morgan fingerprint density at radius 3 is 2.45 bits per heavy atom. The Hall–Kier alpha value is -3.01. The van der Waals surface area contributed by atoms with Gasteiger partial charge in [-0.15, -0.1) is 0 Å². The van der Waals surface area contributed by atoms with Crippen LogP contribution in [0.5, 0.6) is 23.0 Å². The molecule has 1 heterocycles. The van der Waals surface area contributed by atoms with Crippen LogP contribution in [0.1, 0.15) is 36.2 Å². The van der Waals surface area contributed by atoms with Crippen LogP contribution >= 0.6 is 0 Å². The fourth-order valence-corrected chi connectivity index (χ4v) is 4.61. The third-order valence-electron chi connectivity index (χ3n) is 6.69. The van der Waals surface area contributed by atoms with Crippen LogP contribution in [0.15, 0.2) is 36.4 Å². The van der Waals surface area contributed by atoms with Gasteiger partial charge in [-0.1, -0.05) is 12.1 Å². The van der Waals surface area contributed by atoms with E-state index in [-0.39, 0.29) is 24.0 Å². The molecule has 2 aromatic carbocycles. The summed E-state index contributed by atoms with van der Waals surface area (Å²) in [6, 6.07) is 11.1. The van der Waals surface area contributed by atoms with E-state index in [9.17, 15) is 4.79 Å². The zero-order valence-corrected chi connectivity index (χ0v) is 23.5. The van der Waals surface area contributed by atoms with Gasteiger partial charge < -0.3 is 38.6 Å². The molecular weight excluding hydrogens is 488 g/mol. The summed E-state index contributed by atoms with van der Waals surface area (Å²) in [7, 11) is 6.50. The normalized spacial score (nSPS) is 16.9. The van der Waals surface area contributed by atoms with Crippen molar-refractivity contribution in [2.24, 2.45) is 5.92 Å². The van der Waals surface area contributed by atoms with Gasteiger partial charge in [-0.2, -0.15) is 0 Å². The molecule has 3 rings (SSSR count). The fraction of sp³-hybridized carbons (Fsp3) is 0.552. The van der Waals surface area contributed by atoms with Crippen LogP contribution in [0.2, 0.25) is 0 Å². The van der Waals surface area contributed by atoms with E-state index in [0.29, 0.717) is 54.9 Å². The first-order chi connectivity index (χ1) is 18.4. The molecule has 0 saturated carbocycles. The molecule has 9 nitrogen and oxygen atoms in total. The van der Waals surface area contributed by atoms with Crippen molar-refractivity contribution in [1.29, 1.82) is 0 Å². The summed E-state index contributed by atoms with van der Waals surface area (Å²) in [4.78, 5) is 15.6. The van der Waals surface area contributed by atoms with E-state index in [1.807, 2.05) is 36.9 Å². The number of nitrogens with zero attached hydrogens (tertiary/aromatic N) is 1. The molecule has 1 amide bonds. The molecule has 210 valence electrons. The lowest BCUT2D eigenvalue weighted by atomic mass is 10.0. The molecule has 0 aliphatic carbocycles. The highest BCUT2D eigenvalue weighted by atomic mass is 16.5. The number of methoxy groups -OCH3 is 4. The van der Waals surface area contributed by atoms with E-state index in [1.54, 1.807) is 46.6 Å². The predicted octanol–water partition coefficient (Wildman–Crippen LogP) is 3.78. The molecule has 0 bridgehead atoms. The van der Waals surface area contributed by atoms with Gasteiger partial charge in [0.2, 0.25) is 0 Å². The molecule has 0 unspecified atom stereocenters. The molecule has 2 atom stereocenters. The summed E-state index contributed by atoms with van der Waals surface area (Å²) < 4.78 is 33.7. The van der Waals surface area contributed by atoms with Gasteiger partial charge in [-0.05, 0) is 38.1 Å². The number of benzene rings is 2. The molecular formula is C29H42N2O7. The molecule has 1 saturated heterocycles. The Morgan fingerprint density at radius 1 is 0.974 bits per heavy atom. The van der Waals surface area contributed by atoms with E-state index < -0.39 is 0 Å². The predicted molar refractivity (Wildman–Crippen MR) is 146 cm³/mol. The topological polar surface area (TPSA) is 87.7 Å². The quantitative estimate of drug-likeness (QED) is 0.348. The van der Waals surface area contributed by atoms with Crippen LogP contribution in [0.25, 0.3) is 0 Å². The van der Waals surface area contributed by atoms with Crippen molar-refractivity contribution in [3.05, 3.63) is 47.5 Å². The smallest absolute Gasteiger partial charge is 0.254 e. The number of hydrogen-bond donors (Lipinski definition) is 1. The van der Waals surface area contributed by atoms with E-state index >= 15 is 0 Å². The maximum absolute atomic E-state index is 13.7. The first kappa shape index (κ1) is 29.5. The van der Waals surface area contributed by atoms with Crippen molar-refractivity contribution in [2.45, 2.75) is 39.0 Å². The van der Waals surface area contributed by atoms with E-state index in [4.69, 9.17) is 28.4 Å². The summed E-state index contributed by atoms with van der Waals surface area (Å²) in [5.74, 6) is 2.58. The maximum Gasteiger partial charge on any atom is 0.254 e. The lowest BCUT2D eigenvalue weighted by Crippen LogP contribution is -2.43. The molecule has 9 heteroatoms. The minimum Gasteiger partial charge on any atom is -0.493 e. The molecule has 1 fully saturated rings. The zero-order chi connectivity index (χ0) is 27.5. The number of carbonyl (C=O) groups excluding carboxylic acids is 1. The van der Waals surface area contributed by atoms with Crippen LogP contribution in [-0.2, 0) is 16.1 Å². The highest BCUT2D eigenvalue weighted by molar-refractivity contribution is 5.95. The molecule has 2 aromatic rings. The van der Waals surface area contributed by atoms with Gasteiger partial charge in [0.1, 0.15) is 0 Å². The number of ether oxygens (including phenoxy) is 6. The van der Waals surface area contributed by atoms with Crippen molar-refractivity contribution < 1.29 is 33.2 Å². The van der Waals surface area contributed by atoms with Crippen molar-refractivity contribution in [3.63, 3.8) is 0 Å². The largest absolute Gasteiger partial charge is 0.493 e. The number of amides is 1. The van der Waals surface area contributed by atoms with E-state index in [1.165, 1.54) is 0 Å². The van der Waals surface area contributed by atoms with Gasteiger partial charge in [-0.25, -0.2) is 0 Å². The van der Waals surface area contributed by atoms with Gasteiger partial charge in [-0.3, -0.25) is 4.79 Å². The highest BCUT2D eigenvalue weighted by Gasteiger charge is 2.32. The second kappa shape index (κ2) is 14.8. The minimum absolute atomic E-state index is 0.00963. The minimum atomic E-state index is -0.0514. The second-order valence-corrected chi connectivity index (χ2v) is 9.53. The molecule has 38 heavy (non-hydrogen) atoms. The second-order valence-electron chi connectivity index (χ2n) is 9.53. The third-order valence-corrected chi connectivity index (χ3v) is 6.69. The number of rotatable bonds is 15. The monoisotopic (exact) mass is 530 g/mol. The Bertz CT molecular complexity index is 1030. The van der Waals surface area contributed by atoms with Gasteiger partial charge in [0, 0.05) is 62.9 Å². The number of hydrogen-bond acceptors (Lipinski definition) is 8. The average molecular weight is 531 g/mol. The van der Waals surface area contributed by atoms with Crippen LogP contribution in [0.3, 0.4) is 0 Å². The fourth-order valence-electron chi connectivity index (χ4n) is 4.61. The average Bonchev–Trinajstić information content (AvgIpc) is 3.38. The first-order valence-electron chi connectivity index (χ1n) is 13.1. The van der Waals surface area contributed by atoms with Crippen molar-refractivity contribution >= 4 is 5.91 Å². The summed E-state index contributed by atoms with van der Waals surface area (Å²) in [5.41, 5.74) is 1.48. The third kappa shape index (κ3) is 7.52. The summed E-state index contributed by atoms with van der Waals surface area (Å²) >= 11 is 0. The Balaban J connectivity index is 1.70. The Kier molecular flexibility index (Phi) is 11.5. The van der Waals surface area contributed by atoms with Gasteiger partial charge in [0.05, 0.1) is 40.6 Å².